The third kappa shape index (κ3) is 5.84. The normalized spacial score (nSPS) is 11.5. The summed E-state index contributed by atoms with van der Waals surface area (Å²) in [6.45, 7) is 0. The Morgan fingerprint density at radius 2 is 0.565 bits per heavy atom. The van der Waals surface area contributed by atoms with Gasteiger partial charge in [-0.2, -0.15) is 20.4 Å². The molecule has 0 saturated heterocycles. The van der Waals surface area contributed by atoms with E-state index in [1.54, 1.807) is 0 Å². The first-order chi connectivity index (χ1) is 30.8. The van der Waals surface area contributed by atoms with Gasteiger partial charge in [0.25, 0.3) is 0 Å². The third-order valence-corrected chi connectivity index (χ3v) is 11.8. The van der Waals surface area contributed by atoms with Gasteiger partial charge in [0, 0.05) is 49.6 Å². The van der Waals surface area contributed by atoms with Crippen LogP contribution in [0.5, 0.6) is 0 Å². The van der Waals surface area contributed by atoms with E-state index in [0.717, 1.165) is 99.6 Å². The molecule has 0 radical (unpaired) electrons. The Morgan fingerprint density at radius 3 is 0.903 bits per heavy atom. The minimum Gasteiger partial charge on any atom is -0.241 e. The molecule has 12 rings (SSSR count). The SMILES string of the molecule is c1ccc(-c2c3cc(-n4cccn4)ccc3c(-c3ccc(-n4cccn4)cc3)c3c(-c4ccccc4)c4cc(-n5cccn5)ccc4c(-c4ccc(-n5cccn5)cc4)c23)cc1. The highest BCUT2D eigenvalue weighted by Gasteiger charge is 2.27. The molecule has 0 aliphatic heterocycles. The molecular formula is C54H36N8. The van der Waals surface area contributed by atoms with Crippen molar-refractivity contribution >= 4 is 32.3 Å². The van der Waals surface area contributed by atoms with Gasteiger partial charge in [0.15, 0.2) is 0 Å². The van der Waals surface area contributed by atoms with Gasteiger partial charge in [-0.15, -0.1) is 0 Å². The van der Waals surface area contributed by atoms with Crippen LogP contribution in [0.1, 0.15) is 0 Å². The van der Waals surface area contributed by atoms with Crippen LogP contribution in [0.4, 0.5) is 0 Å². The van der Waals surface area contributed by atoms with Crippen LogP contribution >= 0.6 is 0 Å². The van der Waals surface area contributed by atoms with E-state index in [9.17, 15) is 0 Å². The van der Waals surface area contributed by atoms with Crippen molar-refractivity contribution in [1.29, 1.82) is 0 Å². The minimum absolute atomic E-state index is 0.983. The Labute approximate surface area is 356 Å². The maximum Gasteiger partial charge on any atom is 0.0652 e. The second-order valence-corrected chi connectivity index (χ2v) is 15.3. The molecule has 8 nitrogen and oxygen atoms in total. The first-order valence-corrected chi connectivity index (χ1v) is 20.6. The zero-order chi connectivity index (χ0) is 41.0. The highest BCUT2D eigenvalue weighted by molar-refractivity contribution is 6.34. The van der Waals surface area contributed by atoms with E-state index in [1.807, 2.05) is 92.6 Å². The molecule has 4 aromatic heterocycles. The van der Waals surface area contributed by atoms with E-state index < -0.39 is 0 Å². The monoisotopic (exact) mass is 796 g/mol. The van der Waals surface area contributed by atoms with Gasteiger partial charge in [-0.05, 0) is 150 Å². The average molecular weight is 797 g/mol. The first-order valence-electron chi connectivity index (χ1n) is 20.6. The summed E-state index contributed by atoms with van der Waals surface area (Å²) in [6.07, 6.45) is 15.2. The van der Waals surface area contributed by atoms with Crippen LogP contribution in [0, 0.1) is 0 Å². The molecule has 4 heterocycles. The summed E-state index contributed by atoms with van der Waals surface area (Å²) in [6, 6.07) is 60.7. The molecular weight excluding hydrogens is 761 g/mol. The van der Waals surface area contributed by atoms with Crippen LogP contribution in [-0.4, -0.2) is 39.1 Å². The lowest BCUT2D eigenvalue weighted by atomic mass is 9.77. The summed E-state index contributed by atoms with van der Waals surface area (Å²) in [7, 11) is 0. The number of hydrogen-bond acceptors (Lipinski definition) is 4. The average Bonchev–Trinajstić information content (AvgIpc) is 4.20. The molecule has 0 bridgehead atoms. The molecule has 0 fully saturated rings. The zero-order valence-corrected chi connectivity index (χ0v) is 33.4. The summed E-state index contributed by atoms with van der Waals surface area (Å²) in [5.41, 5.74) is 13.0. The van der Waals surface area contributed by atoms with Crippen molar-refractivity contribution in [3.63, 3.8) is 0 Å². The van der Waals surface area contributed by atoms with E-state index in [1.165, 1.54) is 0 Å². The Kier molecular flexibility index (Phi) is 8.31. The lowest BCUT2D eigenvalue weighted by Crippen LogP contribution is -2.01. The van der Waals surface area contributed by atoms with Crippen molar-refractivity contribution in [2.45, 2.75) is 0 Å². The molecule has 0 atom stereocenters. The van der Waals surface area contributed by atoms with Crippen molar-refractivity contribution in [1.82, 2.24) is 39.1 Å². The van der Waals surface area contributed by atoms with Crippen LogP contribution in [0.2, 0.25) is 0 Å². The first kappa shape index (κ1) is 35.3. The maximum absolute atomic E-state index is 4.69. The van der Waals surface area contributed by atoms with Crippen molar-refractivity contribution in [3.8, 4) is 67.3 Å². The van der Waals surface area contributed by atoms with Gasteiger partial charge in [0.2, 0.25) is 0 Å². The predicted octanol–water partition coefficient (Wildman–Crippen LogP) is 12.6. The van der Waals surface area contributed by atoms with E-state index in [4.69, 9.17) is 0 Å². The molecule has 0 aliphatic carbocycles. The van der Waals surface area contributed by atoms with E-state index in [2.05, 4.69) is 166 Å². The molecule has 0 unspecified atom stereocenters. The molecule has 0 N–H and O–H groups in total. The van der Waals surface area contributed by atoms with E-state index in [0.29, 0.717) is 0 Å². The summed E-state index contributed by atoms with van der Waals surface area (Å²) >= 11 is 0. The fourth-order valence-electron chi connectivity index (χ4n) is 9.14. The molecule has 0 amide bonds. The Morgan fingerprint density at radius 1 is 0.258 bits per heavy atom. The predicted molar refractivity (Wildman–Crippen MR) is 249 cm³/mol. The Hall–Kier alpha value is -8.62. The van der Waals surface area contributed by atoms with Crippen molar-refractivity contribution in [2.75, 3.05) is 0 Å². The van der Waals surface area contributed by atoms with Gasteiger partial charge < -0.3 is 0 Å². The van der Waals surface area contributed by atoms with Crippen molar-refractivity contribution < 1.29 is 0 Å². The highest BCUT2D eigenvalue weighted by Crippen LogP contribution is 2.54. The molecule has 8 heteroatoms. The standard InChI is InChI=1S/C54H36N8/c1-3-11-37(12-4-1)51-47-35-43(61-33-9-29-57-61)23-25-45(47)50(40-17-21-42(22-18-40)60-32-8-28-56-60)54-52(38-13-5-2-6-14-38)48-36-44(62-34-10-30-58-62)24-26-46(48)49(53(51)54)39-15-19-41(20-16-39)59-31-7-27-55-59/h1-36H. The summed E-state index contributed by atoms with van der Waals surface area (Å²) in [4.78, 5) is 0. The number of aromatic nitrogens is 8. The van der Waals surface area contributed by atoms with E-state index >= 15 is 0 Å². The number of rotatable bonds is 8. The van der Waals surface area contributed by atoms with Crippen molar-refractivity contribution in [3.05, 3.63) is 219 Å². The molecule has 292 valence electrons. The molecule has 12 aromatic rings. The van der Waals surface area contributed by atoms with Crippen LogP contribution in [0.15, 0.2) is 219 Å². The fraction of sp³-hybridized carbons (Fsp3) is 0. The molecule has 8 aromatic carbocycles. The number of benzene rings is 8. The molecule has 0 spiro atoms. The third-order valence-electron chi connectivity index (χ3n) is 11.8. The van der Waals surface area contributed by atoms with Gasteiger partial charge in [-0.1, -0.05) is 97.1 Å². The second kappa shape index (κ2) is 14.6. The van der Waals surface area contributed by atoms with Gasteiger partial charge in [0.1, 0.15) is 0 Å². The quantitative estimate of drug-likeness (QED) is 0.144. The van der Waals surface area contributed by atoms with Gasteiger partial charge >= 0.3 is 0 Å². The highest BCUT2D eigenvalue weighted by atomic mass is 15.3. The minimum atomic E-state index is 0.983. The second-order valence-electron chi connectivity index (χ2n) is 15.3. The van der Waals surface area contributed by atoms with Gasteiger partial charge in [0.05, 0.1) is 22.7 Å². The Bertz CT molecular complexity index is 3260. The number of fused-ring (bicyclic) bond motifs is 3. The van der Waals surface area contributed by atoms with Crippen LogP contribution in [0.3, 0.4) is 0 Å². The smallest absolute Gasteiger partial charge is 0.0652 e. The molecule has 0 aliphatic rings. The van der Waals surface area contributed by atoms with Gasteiger partial charge in [-0.3, -0.25) is 0 Å². The summed E-state index contributed by atoms with van der Waals surface area (Å²) in [5, 5.41) is 25.3. The maximum atomic E-state index is 4.69. The van der Waals surface area contributed by atoms with Crippen LogP contribution in [-0.2, 0) is 0 Å². The van der Waals surface area contributed by atoms with Crippen LogP contribution in [0.25, 0.3) is 99.6 Å². The Balaban J connectivity index is 1.33. The lowest BCUT2D eigenvalue weighted by molar-refractivity contribution is 0.881. The largest absolute Gasteiger partial charge is 0.241 e. The summed E-state index contributed by atoms with van der Waals surface area (Å²) in [5.74, 6) is 0. The summed E-state index contributed by atoms with van der Waals surface area (Å²) < 4.78 is 7.69. The lowest BCUT2D eigenvalue weighted by Gasteiger charge is -2.26. The number of hydrogen-bond donors (Lipinski definition) is 0. The molecule has 62 heavy (non-hydrogen) atoms. The van der Waals surface area contributed by atoms with Crippen LogP contribution < -0.4 is 0 Å². The van der Waals surface area contributed by atoms with Crippen molar-refractivity contribution in [2.24, 2.45) is 0 Å². The number of nitrogens with zero attached hydrogens (tertiary/aromatic N) is 8. The van der Waals surface area contributed by atoms with E-state index in [-0.39, 0.29) is 0 Å². The fourth-order valence-corrected chi connectivity index (χ4v) is 9.14. The van der Waals surface area contributed by atoms with Gasteiger partial charge in [-0.25, -0.2) is 18.7 Å². The zero-order valence-electron chi connectivity index (χ0n) is 33.4. The molecule has 0 saturated carbocycles. The topological polar surface area (TPSA) is 71.3 Å².